The molecule has 1 aliphatic rings. The maximum absolute atomic E-state index is 5.18. The number of aliphatic imine (C=N–C) groups is 1. The average Bonchev–Trinajstić information content (AvgIpc) is 1.63. The third kappa shape index (κ3) is 1.22. The predicted octanol–water partition coefficient (Wildman–Crippen LogP) is 1.22. The van der Waals surface area contributed by atoms with E-state index < -0.39 is 0 Å². The third-order valence-electron chi connectivity index (χ3n) is 1.09. The van der Waals surface area contributed by atoms with Crippen molar-refractivity contribution in [2.24, 2.45) is 4.99 Å². The van der Waals surface area contributed by atoms with Gasteiger partial charge < -0.3 is 4.74 Å². The van der Waals surface area contributed by atoms with Crippen LogP contribution in [-0.2, 0) is 4.74 Å². The van der Waals surface area contributed by atoms with Crippen LogP contribution in [0.5, 0.6) is 0 Å². The van der Waals surface area contributed by atoms with Crippen LogP contribution < -0.4 is 0 Å². The van der Waals surface area contributed by atoms with Crippen molar-refractivity contribution < 1.29 is 4.74 Å². The zero-order chi connectivity index (χ0) is 5.82. The summed E-state index contributed by atoms with van der Waals surface area (Å²) in [5.41, 5.74) is 0. The Morgan fingerprint density at radius 1 is 1.75 bits per heavy atom. The molecule has 0 saturated heterocycles. The van der Waals surface area contributed by atoms with E-state index in [9.17, 15) is 0 Å². The molecule has 1 aliphatic heterocycles. The van der Waals surface area contributed by atoms with Gasteiger partial charge in [-0.05, 0) is 6.42 Å². The molecule has 2 nitrogen and oxygen atoms in total. The molecular formula is C6H11NO. The van der Waals surface area contributed by atoms with Crippen molar-refractivity contribution in [1.82, 2.24) is 0 Å². The van der Waals surface area contributed by atoms with E-state index in [0.29, 0.717) is 0 Å². The average molecular weight is 113 g/mol. The highest BCUT2D eigenvalue weighted by atomic mass is 16.5. The molecule has 0 aliphatic carbocycles. The minimum atomic E-state index is 0.832. The number of hydrogen-bond donors (Lipinski definition) is 0. The summed E-state index contributed by atoms with van der Waals surface area (Å²) in [6, 6.07) is 0. The van der Waals surface area contributed by atoms with Crippen molar-refractivity contribution in [3.05, 3.63) is 0 Å². The van der Waals surface area contributed by atoms with Crippen LogP contribution in [0.2, 0.25) is 0 Å². The van der Waals surface area contributed by atoms with E-state index in [1.54, 1.807) is 0 Å². The Labute approximate surface area is 49.6 Å². The summed E-state index contributed by atoms with van der Waals surface area (Å²) < 4.78 is 5.18. The topological polar surface area (TPSA) is 21.6 Å². The maximum Gasteiger partial charge on any atom is 0.185 e. The molecule has 2 heteroatoms. The zero-order valence-electron chi connectivity index (χ0n) is 5.18. The fourth-order valence-corrected chi connectivity index (χ4v) is 0.541. The first kappa shape index (κ1) is 5.60. The highest BCUT2D eigenvalue weighted by Gasteiger charge is 2.06. The smallest absolute Gasteiger partial charge is 0.185 e. The highest BCUT2D eigenvalue weighted by molar-refractivity contribution is 5.80. The maximum atomic E-state index is 5.18. The number of rotatable bonds is 2. The zero-order valence-corrected chi connectivity index (χ0v) is 5.18. The molecule has 0 bridgehead atoms. The van der Waals surface area contributed by atoms with Crippen LogP contribution in [0.15, 0.2) is 4.99 Å². The first-order chi connectivity index (χ1) is 3.93. The minimum absolute atomic E-state index is 0.832. The lowest BCUT2D eigenvalue weighted by Gasteiger charge is -2.12. The van der Waals surface area contributed by atoms with Crippen LogP contribution in [0.25, 0.3) is 0 Å². The standard InChI is InChI=1S/C6H11NO/c1-2-5-8-6-3-4-7-6/h2-5H2,1H3. The van der Waals surface area contributed by atoms with Crippen LogP contribution >= 0.6 is 0 Å². The molecule has 8 heavy (non-hydrogen) atoms. The lowest BCUT2D eigenvalue weighted by Crippen LogP contribution is -2.15. The molecule has 0 unspecified atom stereocenters. The van der Waals surface area contributed by atoms with Gasteiger partial charge in [-0.3, -0.25) is 4.99 Å². The number of nitrogens with zero attached hydrogens (tertiary/aromatic N) is 1. The molecule has 0 amide bonds. The Balaban J connectivity index is 2.02. The van der Waals surface area contributed by atoms with Gasteiger partial charge in [0.1, 0.15) is 0 Å². The van der Waals surface area contributed by atoms with E-state index in [4.69, 9.17) is 4.74 Å². The van der Waals surface area contributed by atoms with E-state index in [1.807, 2.05) is 0 Å². The fourth-order valence-electron chi connectivity index (χ4n) is 0.541. The molecule has 0 aromatic heterocycles. The number of hydrogen-bond acceptors (Lipinski definition) is 2. The summed E-state index contributed by atoms with van der Waals surface area (Å²) >= 11 is 0. The van der Waals surface area contributed by atoms with Crippen molar-refractivity contribution in [1.29, 1.82) is 0 Å². The molecule has 0 spiro atoms. The second-order valence-electron chi connectivity index (χ2n) is 1.87. The van der Waals surface area contributed by atoms with Gasteiger partial charge in [0.2, 0.25) is 0 Å². The fraction of sp³-hybridized carbons (Fsp3) is 0.833. The van der Waals surface area contributed by atoms with Gasteiger partial charge in [-0.25, -0.2) is 0 Å². The molecule has 0 fully saturated rings. The van der Waals surface area contributed by atoms with Crippen molar-refractivity contribution >= 4 is 5.90 Å². The second kappa shape index (κ2) is 2.70. The van der Waals surface area contributed by atoms with Gasteiger partial charge >= 0.3 is 0 Å². The van der Waals surface area contributed by atoms with Gasteiger partial charge in [-0.1, -0.05) is 6.92 Å². The highest BCUT2D eigenvalue weighted by Crippen LogP contribution is 2.01. The normalized spacial score (nSPS) is 16.9. The molecule has 0 aromatic rings. The van der Waals surface area contributed by atoms with E-state index in [2.05, 4.69) is 11.9 Å². The van der Waals surface area contributed by atoms with Crippen LogP contribution in [0.1, 0.15) is 19.8 Å². The quantitative estimate of drug-likeness (QED) is 0.527. The lowest BCUT2D eigenvalue weighted by molar-refractivity contribution is 0.286. The van der Waals surface area contributed by atoms with Gasteiger partial charge in [-0.2, -0.15) is 0 Å². The Morgan fingerprint density at radius 2 is 2.50 bits per heavy atom. The van der Waals surface area contributed by atoms with Gasteiger partial charge in [0.05, 0.1) is 13.2 Å². The van der Waals surface area contributed by atoms with Crippen LogP contribution in [0.4, 0.5) is 0 Å². The molecule has 1 heterocycles. The lowest BCUT2D eigenvalue weighted by atomic mass is 10.3. The molecule has 0 atom stereocenters. The van der Waals surface area contributed by atoms with Gasteiger partial charge in [0, 0.05) is 6.42 Å². The SMILES string of the molecule is CCCOC1=NCC1. The van der Waals surface area contributed by atoms with E-state index in [0.717, 1.165) is 31.9 Å². The molecule has 1 rings (SSSR count). The molecule has 0 aromatic carbocycles. The Hall–Kier alpha value is -0.530. The first-order valence-corrected chi connectivity index (χ1v) is 3.09. The van der Waals surface area contributed by atoms with Crippen LogP contribution in [-0.4, -0.2) is 19.0 Å². The first-order valence-electron chi connectivity index (χ1n) is 3.09. The molecule has 0 saturated carbocycles. The summed E-state index contributed by atoms with van der Waals surface area (Å²) in [6.45, 7) is 3.90. The van der Waals surface area contributed by atoms with E-state index >= 15 is 0 Å². The summed E-state index contributed by atoms with van der Waals surface area (Å²) in [4.78, 5) is 4.00. The second-order valence-corrected chi connectivity index (χ2v) is 1.87. The van der Waals surface area contributed by atoms with Crippen molar-refractivity contribution in [2.75, 3.05) is 13.2 Å². The van der Waals surface area contributed by atoms with E-state index in [-0.39, 0.29) is 0 Å². The predicted molar refractivity (Wildman–Crippen MR) is 33.2 cm³/mol. The van der Waals surface area contributed by atoms with Crippen molar-refractivity contribution in [3.8, 4) is 0 Å². The third-order valence-corrected chi connectivity index (χ3v) is 1.09. The van der Waals surface area contributed by atoms with E-state index in [1.165, 1.54) is 0 Å². The Kier molecular flexibility index (Phi) is 1.89. The number of ether oxygens (including phenoxy) is 1. The summed E-state index contributed by atoms with van der Waals surface area (Å²) in [6.07, 6.45) is 2.14. The summed E-state index contributed by atoms with van der Waals surface area (Å²) in [5, 5.41) is 0. The largest absolute Gasteiger partial charge is 0.481 e. The van der Waals surface area contributed by atoms with Crippen molar-refractivity contribution in [3.63, 3.8) is 0 Å². The van der Waals surface area contributed by atoms with Gasteiger partial charge in [-0.15, -0.1) is 0 Å². The van der Waals surface area contributed by atoms with Gasteiger partial charge in [0.15, 0.2) is 5.90 Å². The minimum Gasteiger partial charge on any atom is -0.481 e. The molecule has 46 valence electrons. The van der Waals surface area contributed by atoms with Crippen LogP contribution in [0.3, 0.4) is 0 Å². The molecule has 0 N–H and O–H groups in total. The summed E-state index contributed by atoms with van der Waals surface area (Å²) in [7, 11) is 0. The molecule has 0 radical (unpaired) electrons. The Bertz CT molecular complexity index is 98.7. The van der Waals surface area contributed by atoms with Crippen molar-refractivity contribution in [2.45, 2.75) is 19.8 Å². The monoisotopic (exact) mass is 113 g/mol. The summed E-state index contributed by atoms with van der Waals surface area (Å²) in [5.74, 6) is 0.951. The Morgan fingerprint density at radius 3 is 2.88 bits per heavy atom. The van der Waals surface area contributed by atoms with Gasteiger partial charge in [0.25, 0.3) is 0 Å². The van der Waals surface area contributed by atoms with Crippen LogP contribution in [0, 0.1) is 0 Å². The molecular weight excluding hydrogens is 102 g/mol.